The van der Waals surface area contributed by atoms with Gasteiger partial charge in [-0.2, -0.15) is 9.78 Å². The molecule has 31 heavy (non-hydrogen) atoms. The summed E-state index contributed by atoms with van der Waals surface area (Å²) in [5, 5.41) is 5.14. The van der Waals surface area contributed by atoms with Gasteiger partial charge in [0, 0.05) is 12.8 Å². The number of carbonyl (C=O) groups excluding carboxylic acids is 1. The molecule has 3 aromatic rings. The van der Waals surface area contributed by atoms with Gasteiger partial charge >= 0.3 is 5.97 Å². The first kappa shape index (κ1) is 22.4. The second-order valence-corrected chi connectivity index (χ2v) is 9.92. The molecule has 0 N–H and O–H groups in total. The maximum absolute atomic E-state index is 13.3. The third-order valence-electron chi connectivity index (χ3n) is 5.34. The fourth-order valence-electron chi connectivity index (χ4n) is 3.90. The minimum Gasteiger partial charge on any atom is -0.424 e. The van der Waals surface area contributed by atoms with Gasteiger partial charge in [-0.15, -0.1) is 0 Å². The van der Waals surface area contributed by atoms with Crippen molar-refractivity contribution in [2.45, 2.75) is 44.9 Å². The number of aromatic nitrogens is 2. The Labute approximate surface area is 207 Å². The van der Waals surface area contributed by atoms with Crippen LogP contribution in [-0.2, 0) is 4.79 Å². The molecule has 1 aliphatic carbocycles. The molecule has 0 amide bonds. The molecule has 0 unspecified atom stereocenters. The summed E-state index contributed by atoms with van der Waals surface area (Å²) in [6, 6.07) is 11.2. The summed E-state index contributed by atoms with van der Waals surface area (Å²) in [7, 11) is 0. The SMILES string of the molecule is CC(=O)Oc1c(I)cc(C=Nn2c(C3CCCCC3)nc3ccccc3c2=O)cc1I. The van der Waals surface area contributed by atoms with Crippen molar-refractivity contribution in [1.82, 2.24) is 9.66 Å². The van der Waals surface area contributed by atoms with Crippen molar-refractivity contribution < 1.29 is 9.53 Å². The van der Waals surface area contributed by atoms with Crippen molar-refractivity contribution in [2.24, 2.45) is 5.10 Å². The van der Waals surface area contributed by atoms with Crippen molar-refractivity contribution in [3.63, 3.8) is 0 Å². The summed E-state index contributed by atoms with van der Waals surface area (Å²) in [6.45, 7) is 1.38. The molecule has 1 heterocycles. The van der Waals surface area contributed by atoms with Gasteiger partial charge in [0.05, 0.1) is 24.3 Å². The second-order valence-electron chi connectivity index (χ2n) is 7.59. The fourth-order valence-corrected chi connectivity index (χ4v) is 5.93. The van der Waals surface area contributed by atoms with Crippen LogP contribution in [0.5, 0.6) is 5.75 Å². The molecule has 4 rings (SSSR count). The molecule has 0 atom stereocenters. The Balaban J connectivity index is 1.78. The van der Waals surface area contributed by atoms with Crippen LogP contribution in [-0.4, -0.2) is 21.8 Å². The van der Waals surface area contributed by atoms with E-state index in [1.165, 1.54) is 18.0 Å². The Morgan fingerprint density at radius 2 is 1.84 bits per heavy atom. The molecule has 1 fully saturated rings. The van der Waals surface area contributed by atoms with Crippen LogP contribution in [0.4, 0.5) is 0 Å². The zero-order valence-electron chi connectivity index (χ0n) is 17.0. The normalized spacial score (nSPS) is 14.9. The third-order valence-corrected chi connectivity index (χ3v) is 6.94. The van der Waals surface area contributed by atoms with Gasteiger partial charge in [0.25, 0.3) is 5.56 Å². The molecule has 1 aliphatic rings. The molecule has 8 heteroatoms. The van der Waals surface area contributed by atoms with Crippen LogP contribution in [0.2, 0.25) is 0 Å². The lowest BCUT2D eigenvalue weighted by molar-refractivity contribution is -0.132. The molecule has 6 nitrogen and oxygen atoms in total. The molecule has 0 spiro atoms. The minimum absolute atomic E-state index is 0.150. The van der Waals surface area contributed by atoms with Gasteiger partial charge in [0.2, 0.25) is 0 Å². The molecule has 0 radical (unpaired) electrons. The molecular formula is C23H21I2N3O3. The summed E-state index contributed by atoms with van der Waals surface area (Å²) in [4.78, 5) is 29.5. The quantitative estimate of drug-likeness (QED) is 0.164. The van der Waals surface area contributed by atoms with Gasteiger partial charge in [-0.3, -0.25) is 9.59 Å². The second kappa shape index (κ2) is 9.76. The van der Waals surface area contributed by atoms with E-state index in [1.54, 1.807) is 12.3 Å². The number of ether oxygens (including phenoxy) is 1. The monoisotopic (exact) mass is 641 g/mol. The first-order chi connectivity index (χ1) is 14.9. The van der Waals surface area contributed by atoms with Crippen LogP contribution in [0.1, 0.15) is 56.3 Å². The van der Waals surface area contributed by atoms with E-state index in [0.29, 0.717) is 16.7 Å². The summed E-state index contributed by atoms with van der Waals surface area (Å²) in [5.74, 6) is 1.15. The van der Waals surface area contributed by atoms with Gasteiger partial charge < -0.3 is 4.74 Å². The Hall–Kier alpha value is -1.82. The number of hydrogen-bond donors (Lipinski definition) is 0. The molecule has 1 aromatic heterocycles. The lowest BCUT2D eigenvalue weighted by atomic mass is 9.88. The zero-order chi connectivity index (χ0) is 22.0. The van der Waals surface area contributed by atoms with E-state index in [9.17, 15) is 9.59 Å². The maximum atomic E-state index is 13.3. The lowest BCUT2D eigenvalue weighted by Gasteiger charge is -2.22. The van der Waals surface area contributed by atoms with E-state index in [4.69, 9.17) is 9.72 Å². The minimum atomic E-state index is -0.358. The number of benzene rings is 2. The van der Waals surface area contributed by atoms with E-state index < -0.39 is 0 Å². The first-order valence-corrected chi connectivity index (χ1v) is 12.3. The first-order valence-electron chi connectivity index (χ1n) is 10.2. The average Bonchev–Trinajstić information content (AvgIpc) is 2.76. The molecule has 160 valence electrons. The molecule has 2 aromatic carbocycles. The van der Waals surface area contributed by atoms with Crippen LogP contribution < -0.4 is 10.3 Å². The Morgan fingerprint density at radius 1 is 1.16 bits per heavy atom. The Morgan fingerprint density at radius 3 is 2.52 bits per heavy atom. The van der Waals surface area contributed by atoms with Crippen molar-refractivity contribution in [3.05, 3.63) is 65.3 Å². The average molecular weight is 641 g/mol. The zero-order valence-corrected chi connectivity index (χ0v) is 21.3. The van der Waals surface area contributed by atoms with E-state index in [1.807, 2.05) is 30.3 Å². The van der Waals surface area contributed by atoms with Gasteiger partial charge in [0.15, 0.2) is 5.75 Å². The highest BCUT2D eigenvalue weighted by Crippen LogP contribution is 2.32. The summed E-state index contributed by atoms with van der Waals surface area (Å²) >= 11 is 4.27. The largest absolute Gasteiger partial charge is 0.424 e. The summed E-state index contributed by atoms with van der Waals surface area (Å²) in [6.07, 6.45) is 7.23. The highest BCUT2D eigenvalue weighted by molar-refractivity contribution is 14.1. The molecule has 1 saturated carbocycles. The molecule has 0 aliphatic heterocycles. The van der Waals surface area contributed by atoms with Crippen molar-refractivity contribution in [2.75, 3.05) is 0 Å². The molecular weight excluding hydrogens is 620 g/mol. The number of fused-ring (bicyclic) bond motifs is 1. The summed E-state index contributed by atoms with van der Waals surface area (Å²) in [5.41, 5.74) is 1.39. The Bertz CT molecular complexity index is 1210. The van der Waals surface area contributed by atoms with Crippen LogP contribution in [0.3, 0.4) is 0 Å². The predicted octanol–water partition coefficient (Wildman–Crippen LogP) is 5.46. The summed E-state index contributed by atoms with van der Waals surface area (Å²) < 4.78 is 8.37. The lowest BCUT2D eigenvalue weighted by Crippen LogP contribution is -2.25. The van der Waals surface area contributed by atoms with Crippen molar-refractivity contribution >= 4 is 68.3 Å². The number of halogens is 2. The van der Waals surface area contributed by atoms with Crippen molar-refractivity contribution in [3.8, 4) is 5.75 Å². The topological polar surface area (TPSA) is 73.5 Å². The number of para-hydroxylation sites is 1. The van der Waals surface area contributed by atoms with Crippen LogP contribution in [0.25, 0.3) is 10.9 Å². The van der Waals surface area contributed by atoms with Gasteiger partial charge in [-0.25, -0.2) is 4.98 Å². The van der Waals surface area contributed by atoms with Crippen LogP contribution in [0.15, 0.2) is 46.3 Å². The van der Waals surface area contributed by atoms with Crippen molar-refractivity contribution in [1.29, 1.82) is 0 Å². The number of rotatable bonds is 4. The standard InChI is InChI=1S/C23H21I2N3O3/c1-14(29)31-21-18(24)11-15(12-19(21)25)13-26-28-22(16-7-3-2-4-8-16)27-20-10-6-5-9-17(20)23(28)30/h5-6,9-13,16H,2-4,7-8H2,1H3. The van der Waals surface area contributed by atoms with Gasteiger partial charge in [-0.1, -0.05) is 31.4 Å². The number of nitrogens with zero attached hydrogens (tertiary/aromatic N) is 3. The third kappa shape index (κ3) is 5.00. The predicted molar refractivity (Wildman–Crippen MR) is 138 cm³/mol. The highest BCUT2D eigenvalue weighted by Gasteiger charge is 2.22. The fraction of sp³-hybridized carbons (Fsp3) is 0.304. The van der Waals surface area contributed by atoms with E-state index in [2.05, 4.69) is 50.3 Å². The van der Waals surface area contributed by atoms with E-state index in [-0.39, 0.29) is 17.4 Å². The van der Waals surface area contributed by atoms with Crippen LogP contribution in [0, 0.1) is 7.14 Å². The molecule has 0 bridgehead atoms. The smallest absolute Gasteiger partial charge is 0.308 e. The number of esters is 1. The molecule has 0 saturated heterocycles. The van der Waals surface area contributed by atoms with E-state index in [0.717, 1.165) is 44.2 Å². The van der Waals surface area contributed by atoms with Crippen LogP contribution >= 0.6 is 45.2 Å². The van der Waals surface area contributed by atoms with Gasteiger partial charge in [0.1, 0.15) is 5.82 Å². The Kier molecular flexibility index (Phi) is 7.05. The van der Waals surface area contributed by atoms with Gasteiger partial charge in [-0.05, 0) is 87.9 Å². The number of carbonyl (C=O) groups is 1. The number of hydrogen-bond acceptors (Lipinski definition) is 5. The van der Waals surface area contributed by atoms with E-state index >= 15 is 0 Å². The highest BCUT2D eigenvalue weighted by atomic mass is 127. The maximum Gasteiger partial charge on any atom is 0.308 e.